The molecule has 2 rings (SSSR count). The molecule has 0 saturated carbocycles. The average molecular weight is 319 g/mol. The highest BCUT2D eigenvalue weighted by Crippen LogP contribution is 2.09. The number of ether oxygens (including phenoxy) is 1. The van der Waals surface area contributed by atoms with Gasteiger partial charge in [-0.15, -0.1) is 0 Å². The Morgan fingerprint density at radius 1 is 0.565 bits per heavy atom. The highest BCUT2D eigenvalue weighted by Gasteiger charge is 1.93. The molecule has 0 spiro atoms. The Labute approximate surface area is 145 Å². The molecular weight excluding hydrogens is 280 g/mol. The monoisotopic (exact) mass is 318 g/mol. The molecule has 0 N–H and O–H groups in total. The molecule has 0 aromatic heterocycles. The molecule has 2 aromatic rings. The van der Waals surface area contributed by atoms with Crippen LogP contribution < -0.4 is 4.74 Å². The fourth-order valence-corrected chi connectivity index (χ4v) is 1.45. The third-order valence-corrected chi connectivity index (χ3v) is 2.25. The predicted octanol–water partition coefficient (Wildman–Crippen LogP) is 7.41. The zero-order valence-electron chi connectivity index (χ0n) is 16.6. The molecule has 1 nitrogen and oxygen atoms in total. The van der Waals surface area contributed by atoms with E-state index in [2.05, 4.69) is 24.3 Å². The number of benzene rings is 2. The maximum atomic E-state index is 5.61. The maximum absolute atomic E-state index is 5.61. The molecular formula is C22H38O. The lowest BCUT2D eigenvalue weighted by Crippen LogP contribution is -2.00. The summed E-state index contributed by atoms with van der Waals surface area (Å²) in [6.07, 6.45) is 0.954. The van der Waals surface area contributed by atoms with Crippen molar-refractivity contribution in [2.24, 2.45) is 0 Å². The fraction of sp³-hybridized carbons (Fsp3) is 0.455. The van der Waals surface area contributed by atoms with E-state index in [0.29, 0.717) is 0 Å². The Morgan fingerprint density at radius 3 is 1.39 bits per heavy atom. The Bertz CT molecular complexity index is 342. The van der Waals surface area contributed by atoms with Crippen LogP contribution in [0.4, 0.5) is 0 Å². The summed E-state index contributed by atoms with van der Waals surface area (Å²) in [4.78, 5) is 0. The van der Waals surface area contributed by atoms with Crippen molar-refractivity contribution in [3.63, 3.8) is 0 Å². The molecule has 1 heteroatoms. The first kappa shape index (κ1) is 26.2. The largest absolute Gasteiger partial charge is 0.493 e. The Hall–Kier alpha value is -1.76. The average Bonchev–Trinajstić information content (AvgIpc) is 2.70. The fourth-order valence-electron chi connectivity index (χ4n) is 1.45. The van der Waals surface area contributed by atoms with Gasteiger partial charge in [0.1, 0.15) is 5.75 Å². The topological polar surface area (TPSA) is 9.23 Å². The van der Waals surface area contributed by atoms with Gasteiger partial charge in [-0.05, 0) is 17.7 Å². The van der Waals surface area contributed by atoms with Crippen molar-refractivity contribution in [2.75, 3.05) is 6.61 Å². The molecule has 0 amide bonds. The molecule has 0 atom stereocenters. The molecule has 23 heavy (non-hydrogen) atoms. The highest BCUT2D eigenvalue weighted by atomic mass is 16.5. The van der Waals surface area contributed by atoms with Gasteiger partial charge >= 0.3 is 0 Å². The zero-order valence-corrected chi connectivity index (χ0v) is 16.6. The molecule has 0 bridgehead atoms. The molecule has 0 aliphatic heterocycles. The van der Waals surface area contributed by atoms with E-state index in [1.54, 1.807) is 0 Å². The van der Waals surface area contributed by atoms with Gasteiger partial charge in [0, 0.05) is 6.42 Å². The van der Waals surface area contributed by atoms with Gasteiger partial charge in [-0.1, -0.05) is 104 Å². The maximum Gasteiger partial charge on any atom is 0.119 e. The minimum Gasteiger partial charge on any atom is -0.493 e. The first-order chi connectivity index (χ1) is 11.4. The SMILES string of the molecule is CC.CC.CC.CC.c1ccc(CCOc2ccccc2)cc1. The smallest absolute Gasteiger partial charge is 0.119 e. The van der Waals surface area contributed by atoms with E-state index in [1.165, 1.54) is 5.56 Å². The quantitative estimate of drug-likeness (QED) is 0.570. The lowest BCUT2D eigenvalue weighted by Gasteiger charge is -2.05. The van der Waals surface area contributed by atoms with E-state index in [1.807, 2.05) is 91.8 Å². The van der Waals surface area contributed by atoms with Crippen molar-refractivity contribution < 1.29 is 4.74 Å². The predicted molar refractivity (Wildman–Crippen MR) is 107 cm³/mol. The van der Waals surface area contributed by atoms with Crippen LogP contribution in [0.1, 0.15) is 61.0 Å². The van der Waals surface area contributed by atoms with Gasteiger partial charge in [0.15, 0.2) is 0 Å². The summed E-state index contributed by atoms with van der Waals surface area (Å²) in [5.41, 5.74) is 1.31. The van der Waals surface area contributed by atoms with Crippen LogP contribution in [-0.4, -0.2) is 6.61 Å². The molecule has 0 aliphatic rings. The van der Waals surface area contributed by atoms with E-state index in [9.17, 15) is 0 Å². The summed E-state index contributed by atoms with van der Waals surface area (Å²) in [5.74, 6) is 0.938. The summed E-state index contributed by atoms with van der Waals surface area (Å²) in [6, 6.07) is 20.3. The van der Waals surface area contributed by atoms with E-state index in [0.717, 1.165) is 18.8 Å². The lowest BCUT2D eigenvalue weighted by molar-refractivity contribution is 0.322. The van der Waals surface area contributed by atoms with Crippen molar-refractivity contribution >= 4 is 0 Å². The second-order valence-corrected chi connectivity index (χ2v) is 3.40. The normalized spacial score (nSPS) is 7.48. The number of rotatable bonds is 4. The van der Waals surface area contributed by atoms with Crippen molar-refractivity contribution in [1.82, 2.24) is 0 Å². The molecule has 0 aliphatic carbocycles. The Kier molecular flexibility index (Phi) is 28.7. The Balaban J connectivity index is -0.000000438. The summed E-state index contributed by atoms with van der Waals surface area (Å²) in [6.45, 7) is 16.7. The van der Waals surface area contributed by atoms with Gasteiger partial charge < -0.3 is 4.74 Å². The molecule has 2 aromatic carbocycles. The number of hydrogen-bond acceptors (Lipinski definition) is 1. The summed E-state index contributed by atoms with van der Waals surface area (Å²) in [5, 5.41) is 0. The zero-order chi connectivity index (χ0) is 18.3. The molecule has 0 unspecified atom stereocenters. The van der Waals surface area contributed by atoms with Crippen LogP contribution in [-0.2, 0) is 6.42 Å². The van der Waals surface area contributed by atoms with Crippen molar-refractivity contribution in [3.05, 3.63) is 66.2 Å². The van der Waals surface area contributed by atoms with E-state index >= 15 is 0 Å². The lowest BCUT2D eigenvalue weighted by atomic mass is 10.2. The second-order valence-electron chi connectivity index (χ2n) is 3.40. The first-order valence-electron chi connectivity index (χ1n) is 9.17. The number of para-hydroxylation sites is 1. The van der Waals surface area contributed by atoms with E-state index in [4.69, 9.17) is 4.74 Å². The third-order valence-electron chi connectivity index (χ3n) is 2.25. The van der Waals surface area contributed by atoms with Crippen LogP contribution in [0.2, 0.25) is 0 Å². The molecule has 0 fully saturated rings. The molecule has 0 radical (unpaired) electrons. The summed E-state index contributed by atoms with van der Waals surface area (Å²) in [7, 11) is 0. The van der Waals surface area contributed by atoms with Crippen LogP contribution in [0.25, 0.3) is 0 Å². The molecule has 132 valence electrons. The van der Waals surface area contributed by atoms with Gasteiger partial charge in [-0.25, -0.2) is 0 Å². The van der Waals surface area contributed by atoms with Crippen LogP contribution in [0, 0.1) is 0 Å². The Morgan fingerprint density at radius 2 is 0.957 bits per heavy atom. The van der Waals surface area contributed by atoms with Crippen LogP contribution in [0.3, 0.4) is 0 Å². The van der Waals surface area contributed by atoms with Gasteiger partial charge in [-0.3, -0.25) is 0 Å². The van der Waals surface area contributed by atoms with Gasteiger partial charge in [0.25, 0.3) is 0 Å². The van der Waals surface area contributed by atoms with Crippen molar-refractivity contribution in [2.45, 2.75) is 61.8 Å². The van der Waals surface area contributed by atoms with Gasteiger partial charge in [0.2, 0.25) is 0 Å². The molecule has 0 saturated heterocycles. The second kappa shape index (κ2) is 25.2. The van der Waals surface area contributed by atoms with Gasteiger partial charge in [-0.2, -0.15) is 0 Å². The molecule has 0 heterocycles. The summed E-state index contributed by atoms with van der Waals surface area (Å²) < 4.78 is 5.61. The van der Waals surface area contributed by atoms with E-state index < -0.39 is 0 Å². The van der Waals surface area contributed by atoms with Gasteiger partial charge in [0.05, 0.1) is 6.61 Å². The van der Waals surface area contributed by atoms with Crippen LogP contribution >= 0.6 is 0 Å². The third kappa shape index (κ3) is 16.4. The van der Waals surface area contributed by atoms with Crippen molar-refractivity contribution in [3.8, 4) is 5.75 Å². The first-order valence-corrected chi connectivity index (χ1v) is 9.17. The summed E-state index contributed by atoms with van der Waals surface area (Å²) >= 11 is 0. The van der Waals surface area contributed by atoms with Crippen LogP contribution in [0.5, 0.6) is 5.75 Å². The minimum absolute atomic E-state index is 0.730. The standard InChI is InChI=1S/C14H14O.4C2H6/c1-3-7-13(8-4-1)11-12-15-14-9-5-2-6-10-14;4*1-2/h1-10H,11-12H2;4*1-2H3. The van der Waals surface area contributed by atoms with Crippen LogP contribution in [0.15, 0.2) is 60.7 Å². The van der Waals surface area contributed by atoms with Crippen molar-refractivity contribution in [1.29, 1.82) is 0 Å². The highest BCUT2D eigenvalue weighted by molar-refractivity contribution is 5.21. The van der Waals surface area contributed by atoms with E-state index in [-0.39, 0.29) is 0 Å². The minimum atomic E-state index is 0.730. The number of hydrogen-bond donors (Lipinski definition) is 0.